The molecule has 0 unspecified atom stereocenters. The Bertz CT molecular complexity index is 683. The Morgan fingerprint density at radius 2 is 1.95 bits per heavy atom. The Morgan fingerprint density at radius 1 is 1.24 bits per heavy atom. The molecule has 1 amide bonds. The van der Waals surface area contributed by atoms with Gasteiger partial charge in [-0.25, -0.2) is 4.39 Å². The van der Waals surface area contributed by atoms with Gasteiger partial charge in [-0.15, -0.1) is 0 Å². The molecule has 0 aliphatic heterocycles. The van der Waals surface area contributed by atoms with E-state index in [0.29, 0.717) is 17.3 Å². The van der Waals surface area contributed by atoms with Crippen molar-refractivity contribution >= 4 is 11.6 Å². The molecule has 1 heterocycles. The summed E-state index contributed by atoms with van der Waals surface area (Å²) in [5.41, 5.74) is -1.18. The topological polar surface area (TPSA) is 42.0 Å². The molecule has 0 fully saturated rings. The molecule has 0 aliphatic rings. The van der Waals surface area contributed by atoms with Gasteiger partial charge in [-0.2, -0.15) is 13.2 Å². The average molecular weight is 298 g/mol. The first-order valence-electron chi connectivity index (χ1n) is 5.88. The number of carbonyl (C=O) groups is 1. The second-order valence-corrected chi connectivity index (χ2v) is 4.31. The maximum Gasteiger partial charge on any atom is 0.419 e. The van der Waals surface area contributed by atoms with Gasteiger partial charge < -0.3 is 5.32 Å². The highest BCUT2D eigenvalue weighted by molar-refractivity contribution is 6.04. The lowest BCUT2D eigenvalue weighted by Gasteiger charge is -2.12. The summed E-state index contributed by atoms with van der Waals surface area (Å²) < 4.78 is 51.6. The Hall–Kier alpha value is -2.44. The number of nitrogens with zero attached hydrogens (tertiary/aromatic N) is 1. The first-order valence-corrected chi connectivity index (χ1v) is 5.88. The fraction of sp³-hybridized carbons (Fsp3) is 0.143. The Kier molecular flexibility index (Phi) is 3.93. The molecular formula is C14H10F4N2O. The van der Waals surface area contributed by atoms with Crippen molar-refractivity contribution in [3.05, 3.63) is 59.2 Å². The van der Waals surface area contributed by atoms with Crippen LogP contribution in [0.3, 0.4) is 0 Å². The van der Waals surface area contributed by atoms with Gasteiger partial charge in [0.15, 0.2) is 0 Å². The third-order valence-corrected chi connectivity index (χ3v) is 2.84. The van der Waals surface area contributed by atoms with Crippen LogP contribution in [0.15, 0.2) is 36.7 Å². The lowest BCUT2D eigenvalue weighted by atomic mass is 10.1. The predicted octanol–water partition coefficient (Wildman–Crippen LogP) is 3.80. The maximum absolute atomic E-state index is 13.8. The van der Waals surface area contributed by atoms with E-state index in [1.807, 2.05) is 0 Å². The summed E-state index contributed by atoms with van der Waals surface area (Å²) in [6.45, 7) is 1.68. The first-order chi connectivity index (χ1) is 9.80. The largest absolute Gasteiger partial charge is 0.419 e. The van der Waals surface area contributed by atoms with Crippen molar-refractivity contribution < 1.29 is 22.4 Å². The Labute approximate surface area is 117 Å². The number of aryl methyl sites for hydroxylation is 1. The quantitative estimate of drug-likeness (QED) is 0.857. The number of pyridine rings is 1. The second kappa shape index (κ2) is 5.51. The summed E-state index contributed by atoms with van der Waals surface area (Å²) in [7, 11) is 0. The molecule has 3 nitrogen and oxygen atoms in total. The maximum atomic E-state index is 13.8. The zero-order valence-corrected chi connectivity index (χ0v) is 10.8. The third kappa shape index (κ3) is 3.18. The van der Waals surface area contributed by atoms with Gasteiger partial charge in [0.2, 0.25) is 0 Å². The minimum Gasteiger partial charge on any atom is -0.320 e. The Morgan fingerprint density at radius 3 is 2.57 bits per heavy atom. The summed E-state index contributed by atoms with van der Waals surface area (Å²) in [4.78, 5) is 15.7. The van der Waals surface area contributed by atoms with Crippen LogP contribution < -0.4 is 5.32 Å². The van der Waals surface area contributed by atoms with Crippen molar-refractivity contribution in [2.24, 2.45) is 0 Å². The van der Waals surface area contributed by atoms with Crippen LogP contribution in [-0.2, 0) is 6.18 Å². The number of benzene rings is 1. The van der Waals surface area contributed by atoms with Crippen molar-refractivity contribution in [1.29, 1.82) is 0 Å². The molecule has 1 aromatic heterocycles. The van der Waals surface area contributed by atoms with Crippen LogP contribution in [0, 0.1) is 12.7 Å². The van der Waals surface area contributed by atoms with Gasteiger partial charge in [-0.05, 0) is 30.7 Å². The van der Waals surface area contributed by atoms with Crippen LogP contribution in [0.2, 0.25) is 0 Å². The van der Waals surface area contributed by atoms with Crippen molar-refractivity contribution in [3.8, 4) is 0 Å². The van der Waals surface area contributed by atoms with Gasteiger partial charge in [-0.3, -0.25) is 9.78 Å². The lowest BCUT2D eigenvalue weighted by molar-refractivity contribution is -0.140. The minimum atomic E-state index is -4.86. The summed E-state index contributed by atoms with van der Waals surface area (Å²) in [6, 6.07) is 4.17. The number of amides is 1. The lowest BCUT2D eigenvalue weighted by Crippen LogP contribution is -2.18. The summed E-state index contributed by atoms with van der Waals surface area (Å²) in [5.74, 6) is -2.56. The number of nitrogens with one attached hydrogen (secondary N) is 1. The van der Waals surface area contributed by atoms with E-state index >= 15 is 0 Å². The summed E-state index contributed by atoms with van der Waals surface area (Å²) in [6.07, 6.45) is -2.03. The molecule has 110 valence electrons. The van der Waals surface area contributed by atoms with Crippen LogP contribution in [0.1, 0.15) is 21.5 Å². The zero-order valence-electron chi connectivity index (χ0n) is 10.8. The van der Waals surface area contributed by atoms with Gasteiger partial charge in [0.1, 0.15) is 5.82 Å². The van der Waals surface area contributed by atoms with Crippen molar-refractivity contribution in [3.63, 3.8) is 0 Å². The number of alkyl halides is 3. The molecule has 21 heavy (non-hydrogen) atoms. The fourth-order valence-electron chi connectivity index (χ4n) is 1.71. The SMILES string of the molecule is Cc1ccncc1NC(=O)c1cccc(C(F)(F)F)c1F. The molecule has 1 aromatic carbocycles. The van der Waals surface area contributed by atoms with Gasteiger partial charge >= 0.3 is 6.18 Å². The van der Waals surface area contributed by atoms with E-state index < -0.39 is 29.0 Å². The zero-order chi connectivity index (χ0) is 15.6. The minimum absolute atomic E-state index is 0.305. The second-order valence-electron chi connectivity index (χ2n) is 4.31. The van der Waals surface area contributed by atoms with Gasteiger partial charge in [-0.1, -0.05) is 6.07 Å². The molecule has 0 radical (unpaired) electrons. The van der Waals surface area contributed by atoms with Gasteiger partial charge in [0.25, 0.3) is 5.91 Å². The number of rotatable bonds is 2. The highest BCUT2D eigenvalue weighted by atomic mass is 19.4. The average Bonchev–Trinajstić information content (AvgIpc) is 2.40. The van der Waals surface area contributed by atoms with Crippen molar-refractivity contribution in [2.75, 3.05) is 5.32 Å². The summed E-state index contributed by atoms with van der Waals surface area (Å²) in [5, 5.41) is 2.34. The van der Waals surface area contributed by atoms with Crippen LogP contribution >= 0.6 is 0 Å². The standard InChI is InChI=1S/C14H10F4N2O/c1-8-5-6-19-7-11(8)20-13(21)9-3-2-4-10(12(9)15)14(16,17)18/h2-7H,1H3,(H,20,21). The number of carbonyl (C=O) groups excluding carboxylic acids is 1. The highest BCUT2D eigenvalue weighted by Gasteiger charge is 2.35. The normalized spacial score (nSPS) is 11.3. The monoisotopic (exact) mass is 298 g/mol. The summed E-state index contributed by atoms with van der Waals surface area (Å²) >= 11 is 0. The molecule has 0 saturated heterocycles. The molecule has 7 heteroatoms. The van der Waals surface area contributed by atoms with Gasteiger partial charge in [0, 0.05) is 6.20 Å². The highest BCUT2D eigenvalue weighted by Crippen LogP contribution is 2.32. The number of hydrogen-bond donors (Lipinski definition) is 1. The molecular weight excluding hydrogens is 288 g/mol. The van der Waals surface area contributed by atoms with Gasteiger partial charge in [0.05, 0.1) is 23.0 Å². The van der Waals surface area contributed by atoms with Crippen LogP contribution in [0.4, 0.5) is 23.2 Å². The number of aromatic nitrogens is 1. The van der Waals surface area contributed by atoms with Crippen LogP contribution in [-0.4, -0.2) is 10.9 Å². The Balaban J connectivity index is 2.35. The number of halogens is 4. The molecule has 0 atom stereocenters. The van der Waals surface area contributed by atoms with Crippen LogP contribution in [0.5, 0.6) is 0 Å². The molecule has 2 rings (SSSR count). The number of hydrogen-bond acceptors (Lipinski definition) is 2. The van der Waals surface area contributed by atoms with E-state index in [1.54, 1.807) is 13.0 Å². The van der Waals surface area contributed by atoms with E-state index in [2.05, 4.69) is 10.3 Å². The van der Waals surface area contributed by atoms with E-state index in [1.165, 1.54) is 12.4 Å². The van der Waals surface area contributed by atoms with Crippen molar-refractivity contribution in [2.45, 2.75) is 13.1 Å². The van der Waals surface area contributed by atoms with E-state index in [-0.39, 0.29) is 0 Å². The van der Waals surface area contributed by atoms with E-state index in [4.69, 9.17) is 0 Å². The molecule has 2 aromatic rings. The molecule has 0 spiro atoms. The molecule has 1 N–H and O–H groups in total. The smallest absolute Gasteiger partial charge is 0.320 e. The molecule has 0 saturated carbocycles. The predicted molar refractivity (Wildman–Crippen MR) is 68.3 cm³/mol. The molecule has 0 bridgehead atoms. The van der Waals surface area contributed by atoms with Crippen LogP contribution in [0.25, 0.3) is 0 Å². The third-order valence-electron chi connectivity index (χ3n) is 2.84. The fourth-order valence-corrected chi connectivity index (χ4v) is 1.71. The van der Waals surface area contributed by atoms with E-state index in [0.717, 1.165) is 12.1 Å². The molecule has 0 aliphatic carbocycles. The number of anilines is 1. The van der Waals surface area contributed by atoms with Crippen molar-refractivity contribution in [1.82, 2.24) is 4.98 Å². The first kappa shape index (κ1) is 15.0. The van der Waals surface area contributed by atoms with E-state index in [9.17, 15) is 22.4 Å².